The molecule has 3 aromatic rings. The van der Waals surface area contributed by atoms with Gasteiger partial charge in [-0.3, -0.25) is 19.1 Å². The van der Waals surface area contributed by atoms with Gasteiger partial charge in [0.15, 0.2) is 0 Å². The van der Waals surface area contributed by atoms with Crippen molar-refractivity contribution < 1.29 is 14.3 Å². The van der Waals surface area contributed by atoms with Gasteiger partial charge >= 0.3 is 11.7 Å². The van der Waals surface area contributed by atoms with Crippen molar-refractivity contribution in [3.63, 3.8) is 0 Å². The number of H-pyrrole nitrogens is 2. The van der Waals surface area contributed by atoms with Crippen LogP contribution in [0.5, 0.6) is 0 Å². The molecule has 0 unspecified atom stereocenters. The van der Waals surface area contributed by atoms with Gasteiger partial charge in [0.2, 0.25) is 5.91 Å². The summed E-state index contributed by atoms with van der Waals surface area (Å²) < 4.78 is 5.88. The molecule has 3 N–H and O–H groups in total. The molecule has 0 spiro atoms. The molecule has 0 saturated carbocycles. The summed E-state index contributed by atoms with van der Waals surface area (Å²) in [5.41, 5.74) is 0.868. The molecule has 1 atom stereocenters. The molecule has 28 heavy (non-hydrogen) atoms. The minimum atomic E-state index is -0.920. The van der Waals surface area contributed by atoms with E-state index in [0.717, 1.165) is 21.0 Å². The Kier molecular flexibility index (Phi) is 5.44. The van der Waals surface area contributed by atoms with Crippen LogP contribution in [-0.4, -0.2) is 39.6 Å². The number of nitrogens with one attached hydrogen (secondary N) is 3. The Bertz CT molecular complexity index is 1140. The highest BCUT2D eigenvalue weighted by Crippen LogP contribution is 2.19. The molecule has 0 aliphatic carbocycles. The summed E-state index contributed by atoms with van der Waals surface area (Å²) in [6, 6.07) is 6.69. The van der Waals surface area contributed by atoms with E-state index in [9.17, 15) is 19.2 Å². The van der Waals surface area contributed by atoms with Gasteiger partial charge in [0.1, 0.15) is 12.6 Å². The Morgan fingerprint density at radius 3 is 2.75 bits per heavy atom. The molecule has 0 bridgehead atoms. The number of aromatic nitrogens is 3. The number of para-hydroxylation sites is 1. The van der Waals surface area contributed by atoms with E-state index in [4.69, 9.17) is 4.74 Å². The van der Waals surface area contributed by atoms with Gasteiger partial charge in [0, 0.05) is 35.3 Å². The van der Waals surface area contributed by atoms with Gasteiger partial charge in [-0.1, -0.05) is 18.2 Å². The average Bonchev–Trinajstić information content (AvgIpc) is 3.08. The summed E-state index contributed by atoms with van der Waals surface area (Å²) >= 11 is 0. The van der Waals surface area contributed by atoms with E-state index in [1.165, 1.54) is 20.2 Å². The van der Waals surface area contributed by atoms with Crippen molar-refractivity contribution in [1.82, 2.24) is 19.9 Å². The molecule has 146 valence electrons. The highest BCUT2D eigenvalue weighted by molar-refractivity contribution is 5.87. The van der Waals surface area contributed by atoms with Crippen molar-refractivity contribution in [2.75, 3.05) is 7.11 Å². The van der Waals surface area contributed by atoms with Crippen LogP contribution in [0.1, 0.15) is 11.1 Å². The number of ether oxygens (including phenoxy) is 1. The number of esters is 1. The number of fused-ring (bicyclic) bond motifs is 1. The summed E-state index contributed by atoms with van der Waals surface area (Å²) in [7, 11) is 1.24. The first-order valence-electron chi connectivity index (χ1n) is 8.61. The molecule has 3 rings (SSSR count). The van der Waals surface area contributed by atoms with E-state index in [1.54, 1.807) is 6.20 Å². The van der Waals surface area contributed by atoms with Crippen molar-refractivity contribution in [3.8, 4) is 0 Å². The first kappa shape index (κ1) is 19.2. The lowest BCUT2D eigenvalue weighted by molar-refractivity contribution is -0.145. The predicted molar refractivity (Wildman–Crippen MR) is 102 cm³/mol. The Morgan fingerprint density at radius 2 is 2.00 bits per heavy atom. The zero-order valence-electron chi connectivity index (χ0n) is 15.4. The maximum absolute atomic E-state index is 12.4. The molecule has 1 amide bonds. The molecule has 0 radical (unpaired) electrons. The summed E-state index contributed by atoms with van der Waals surface area (Å²) in [6.45, 7) is 1.19. The van der Waals surface area contributed by atoms with Crippen molar-refractivity contribution in [2.24, 2.45) is 0 Å². The first-order chi connectivity index (χ1) is 13.4. The highest BCUT2D eigenvalue weighted by atomic mass is 16.5. The molecule has 2 aromatic heterocycles. The Hall–Kier alpha value is -3.62. The Morgan fingerprint density at radius 1 is 1.25 bits per heavy atom. The maximum Gasteiger partial charge on any atom is 0.328 e. The van der Waals surface area contributed by atoms with Crippen LogP contribution < -0.4 is 16.6 Å². The molecule has 9 nitrogen and oxygen atoms in total. The van der Waals surface area contributed by atoms with Crippen molar-refractivity contribution in [1.29, 1.82) is 0 Å². The quantitative estimate of drug-likeness (QED) is 0.525. The fourth-order valence-corrected chi connectivity index (χ4v) is 2.99. The fraction of sp³-hybridized carbons (Fsp3) is 0.263. The molecule has 0 saturated heterocycles. The Labute approximate surface area is 159 Å². The van der Waals surface area contributed by atoms with Gasteiger partial charge in [0.25, 0.3) is 5.56 Å². The second-order valence-electron chi connectivity index (χ2n) is 6.41. The molecule has 1 aromatic carbocycles. The molecule has 0 aliphatic heterocycles. The first-order valence-corrected chi connectivity index (χ1v) is 8.61. The highest BCUT2D eigenvalue weighted by Gasteiger charge is 2.23. The SMILES string of the molecule is COC(=O)[C@H](Cc1c[nH]c2ccccc12)NC(=O)Cn1cc(C)c(=O)[nH]c1=O. The van der Waals surface area contributed by atoms with E-state index in [0.29, 0.717) is 5.56 Å². The minimum absolute atomic E-state index is 0.224. The zero-order chi connectivity index (χ0) is 20.3. The van der Waals surface area contributed by atoms with E-state index >= 15 is 0 Å². The van der Waals surface area contributed by atoms with E-state index in [2.05, 4.69) is 15.3 Å². The van der Waals surface area contributed by atoms with Gasteiger partial charge in [-0.2, -0.15) is 0 Å². The summed E-state index contributed by atoms with van der Waals surface area (Å²) in [5, 5.41) is 3.54. The average molecular weight is 384 g/mol. The van der Waals surface area contributed by atoms with Crippen LogP contribution >= 0.6 is 0 Å². The van der Waals surface area contributed by atoms with Crippen LogP contribution in [0, 0.1) is 6.92 Å². The third-order valence-corrected chi connectivity index (χ3v) is 4.42. The van der Waals surface area contributed by atoms with E-state index in [1.807, 2.05) is 24.3 Å². The van der Waals surface area contributed by atoms with Crippen LogP contribution in [0.2, 0.25) is 0 Å². The normalized spacial score (nSPS) is 11.9. The third kappa shape index (κ3) is 4.03. The van der Waals surface area contributed by atoms with Crippen LogP contribution in [0.15, 0.2) is 46.2 Å². The van der Waals surface area contributed by atoms with Crippen LogP contribution in [-0.2, 0) is 27.3 Å². The number of aromatic amines is 2. The standard InChI is InChI=1S/C19H20N4O5/c1-11-9-23(19(27)22-17(11)25)10-16(24)21-15(18(26)28-2)7-12-8-20-14-6-4-3-5-13(12)14/h3-6,8-9,15,20H,7,10H2,1-2H3,(H,21,24)(H,22,25,27)/t15-/m0/s1. The number of methoxy groups -OCH3 is 1. The van der Waals surface area contributed by atoms with Gasteiger partial charge in [-0.15, -0.1) is 0 Å². The number of benzene rings is 1. The summed E-state index contributed by atoms with van der Waals surface area (Å²) in [4.78, 5) is 53.1. The topological polar surface area (TPSA) is 126 Å². The molecular formula is C19H20N4O5. The summed E-state index contributed by atoms with van der Waals surface area (Å²) in [5.74, 6) is -1.15. The number of carbonyl (C=O) groups excluding carboxylic acids is 2. The molecular weight excluding hydrogens is 364 g/mol. The second-order valence-corrected chi connectivity index (χ2v) is 6.41. The zero-order valence-corrected chi connectivity index (χ0v) is 15.4. The number of nitrogens with zero attached hydrogens (tertiary/aromatic N) is 1. The fourth-order valence-electron chi connectivity index (χ4n) is 2.99. The Balaban J connectivity index is 1.78. The lowest BCUT2D eigenvalue weighted by Crippen LogP contribution is -2.45. The minimum Gasteiger partial charge on any atom is -0.467 e. The largest absolute Gasteiger partial charge is 0.467 e. The van der Waals surface area contributed by atoms with E-state index in [-0.39, 0.29) is 13.0 Å². The monoisotopic (exact) mass is 384 g/mol. The smallest absolute Gasteiger partial charge is 0.328 e. The molecule has 9 heteroatoms. The number of aryl methyl sites for hydroxylation is 1. The van der Waals surface area contributed by atoms with Crippen molar-refractivity contribution in [2.45, 2.75) is 25.9 Å². The number of hydrogen-bond donors (Lipinski definition) is 3. The third-order valence-electron chi connectivity index (χ3n) is 4.42. The number of rotatable bonds is 6. The van der Waals surface area contributed by atoms with E-state index < -0.39 is 29.2 Å². The lowest BCUT2D eigenvalue weighted by Gasteiger charge is -2.17. The number of hydrogen-bond acceptors (Lipinski definition) is 5. The van der Waals surface area contributed by atoms with Gasteiger partial charge < -0.3 is 15.0 Å². The van der Waals surface area contributed by atoms with Crippen LogP contribution in [0.25, 0.3) is 10.9 Å². The van der Waals surface area contributed by atoms with Crippen molar-refractivity contribution >= 4 is 22.8 Å². The van der Waals surface area contributed by atoms with Crippen molar-refractivity contribution in [3.05, 3.63) is 68.6 Å². The summed E-state index contributed by atoms with van der Waals surface area (Å²) in [6.07, 6.45) is 3.30. The molecule has 0 fully saturated rings. The van der Waals surface area contributed by atoms with Gasteiger partial charge in [0.05, 0.1) is 7.11 Å². The lowest BCUT2D eigenvalue weighted by atomic mass is 10.0. The second kappa shape index (κ2) is 7.95. The molecule has 2 heterocycles. The van der Waals surface area contributed by atoms with Gasteiger partial charge in [-0.05, 0) is 18.6 Å². The molecule has 0 aliphatic rings. The number of carbonyl (C=O) groups is 2. The predicted octanol–water partition coefficient (Wildman–Crippen LogP) is 0.227. The number of amides is 1. The van der Waals surface area contributed by atoms with Crippen LogP contribution in [0.3, 0.4) is 0 Å². The maximum atomic E-state index is 12.4. The van der Waals surface area contributed by atoms with Crippen LogP contribution in [0.4, 0.5) is 0 Å². The van der Waals surface area contributed by atoms with Gasteiger partial charge in [-0.25, -0.2) is 9.59 Å².